The maximum atomic E-state index is 12.6. The highest BCUT2D eigenvalue weighted by molar-refractivity contribution is 5.31. The summed E-state index contributed by atoms with van der Waals surface area (Å²) >= 11 is 0. The number of hydrogen-bond acceptors (Lipinski definition) is 4. The molecule has 0 bridgehead atoms. The molecule has 0 aliphatic heterocycles. The Bertz CT molecular complexity index is 596. The fraction of sp³-hybridized carbons (Fsp3) is 0.333. The maximum absolute atomic E-state index is 12.6. The largest absolute Gasteiger partial charge is 0.493 e. The minimum Gasteiger partial charge on any atom is -0.493 e. The second-order valence-corrected chi connectivity index (χ2v) is 3.90. The molecule has 0 amide bonds. The topological polar surface area (TPSA) is 49.2 Å². The van der Waals surface area contributed by atoms with Crippen LogP contribution in [-0.4, -0.2) is 29.0 Å². The molecule has 0 atom stereocenters. The summed E-state index contributed by atoms with van der Waals surface area (Å²) in [6.07, 6.45) is -3.04. The van der Waals surface area contributed by atoms with Gasteiger partial charge in [0.15, 0.2) is 11.6 Å². The SMILES string of the molecule is COCc1nn(-c2cccc(C(F)(F)F)n2)cc1OC. The quantitative estimate of drug-likeness (QED) is 0.866. The van der Waals surface area contributed by atoms with Gasteiger partial charge in [0.25, 0.3) is 0 Å². The molecule has 2 aromatic heterocycles. The zero-order valence-electron chi connectivity index (χ0n) is 10.8. The van der Waals surface area contributed by atoms with Crippen LogP contribution in [0, 0.1) is 0 Å². The van der Waals surface area contributed by atoms with Crippen molar-refractivity contribution in [1.82, 2.24) is 14.8 Å². The third-order valence-corrected chi connectivity index (χ3v) is 2.51. The lowest BCUT2D eigenvalue weighted by molar-refractivity contribution is -0.141. The van der Waals surface area contributed by atoms with Gasteiger partial charge in [-0.2, -0.15) is 18.3 Å². The van der Waals surface area contributed by atoms with Crippen molar-refractivity contribution in [3.63, 3.8) is 0 Å². The van der Waals surface area contributed by atoms with Crippen LogP contribution >= 0.6 is 0 Å². The Balaban J connectivity index is 2.41. The molecule has 0 saturated carbocycles. The van der Waals surface area contributed by atoms with Crippen LogP contribution in [0.2, 0.25) is 0 Å². The second kappa shape index (κ2) is 5.49. The fourth-order valence-electron chi connectivity index (χ4n) is 1.63. The van der Waals surface area contributed by atoms with Crippen LogP contribution in [0.3, 0.4) is 0 Å². The third kappa shape index (κ3) is 2.90. The van der Waals surface area contributed by atoms with Gasteiger partial charge in [0.2, 0.25) is 0 Å². The minimum atomic E-state index is -4.50. The molecule has 0 unspecified atom stereocenters. The van der Waals surface area contributed by atoms with Crippen molar-refractivity contribution < 1.29 is 22.6 Å². The van der Waals surface area contributed by atoms with Gasteiger partial charge in [-0.15, -0.1) is 0 Å². The van der Waals surface area contributed by atoms with Crippen molar-refractivity contribution in [2.75, 3.05) is 14.2 Å². The van der Waals surface area contributed by atoms with Gasteiger partial charge in [-0.25, -0.2) is 9.67 Å². The van der Waals surface area contributed by atoms with Gasteiger partial charge in [0.1, 0.15) is 11.4 Å². The fourth-order valence-corrected chi connectivity index (χ4v) is 1.63. The van der Waals surface area contributed by atoms with Gasteiger partial charge in [-0.05, 0) is 12.1 Å². The van der Waals surface area contributed by atoms with E-state index in [0.29, 0.717) is 11.4 Å². The smallest absolute Gasteiger partial charge is 0.433 e. The Kier molecular flexibility index (Phi) is 3.93. The Morgan fingerprint density at radius 3 is 2.60 bits per heavy atom. The summed E-state index contributed by atoms with van der Waals surface area (Å²) in [6, 6.07) is 3.61. The molecule has 8 heteroatoms. The Labute approximate surface area is 112 Å². The summed E-state index contributed by atoms with van der Waals surface area (Å²) in [5.74, 6) is 0.478. The molecule has 0 radical (unpaired) electrons. The molecule has 2 rings (SSSR count). The summed E-state index contributed by atoms with van der Waals surface area (Å²) in [5.41, 5.74) is -0.494. The zero-order chi connectivity index (χ0) is 14.8. The lowest BCUT2D eigenvalue weighted by atomic mass is 10.3. The van der Waals surface area contributed by atoms with Gasteiger partial charge in [-0.1, -0.05) is 6.07 Å². The molecule has 5 nitrogen and oxygen atoms in total. The number of hydrogen-bond donors (Lipinski definition) is 0. The molecule has 0 saturated heterocycles. The molecule has 0 aliphatic rings. The molecular formula is C12H12F3N3O2. The molecule has 0 aliphatic carbocycles. The minimum absolute atomic E-state index is 0.0560. The van der Waals surface area contributed by atoms with Crippen molar-refractivity contribution in [2.45, 2.75) is 12.8 Å². The maximum Gasteiger partial charge on any atom is 0.433 e. The van der Waals surface area contributed by atoms with E-state index >= 15 is 0 Å². The highest BCUT2D eigenvalue weighted by Crippen LogP contribution is 2.28. The van der Waals surface area contributed by atoms with Gasteiger partial charge in [0, 0.05) is 7.11 Å². The first-order chi connectivity index (χ1) is 9.45. The highest BCUT2D eigenvalue weighted by Gasteiger charge is 2.32. The van der Waals surface area contributed by atoms with E-state index in [0.717, 1.165) is 6.07 Å². The molecule has 0 N–H and O–H groups in total. The van der Waals surface area contributed by atoms with E-state index < -0.39 is 11.9 Å². The second-order valence-electron chi connectivity index (χ2n) is 3.90. The average Bonchev–Trinajstić information content (AvgIpc) is 2.82. The third-order valence-electron chi connectivity index (χ3n) is 2.51. The summed E-state index contributed by atoms with van der Waals surface area (Å²) in [7, 11) is 2.93. The Morgan fingerprint density at radius 1 is 1.25 bits per heavy atom. The van der Waals surface area contributed by atoms with Gasteiger partial charge in [0.05, 0.1) is 19.9 Å². The normalized spacial score (nSPS) is 11.7. The van der Waals surface area contributed by atoms with E-state index in [1.165, 1.54) is 37.2 Å². The van der Waals surface area contributed by atoms with Crippen LogP contribution < -0.4 is 4.74 Å². The van der Waals surface area contributed by atoms with Crippen LogP contribution in [0.25, 0.3) is 5.82 Å². The predicted octanol–water partition coefficient (Wildman–Crippen LogP) is 2.44. The first kappa shape index (κ1) is 14.3. The van der Waals surface area contributed by atoms with Crippen LogP contribution in [0.15, 0.2) is 24.4 Å². The van der Waals surface area contributed by atoms with E-state index in [1.807, 2.05) is 0 Å². The van der Waals surface area contributed by atoms with E-state index in [4.69, 9.17) is 9.47 Å². The lowest BCUT2D eigenvalue weighted by Gasteiger charge is -2.07. The number of methoxy groups -OCH3 is 2. The summed E-state index contributed by atoms with van der Waals surface area (Å²) in [6.45, 7) is 0.190. The number of alkyl halides is 3. The number of halogens is 3. The molecule has 2 aromatic rings. The molecule has 0 fully saturated rings. The molecule has 2 heterocycles. The van der Waals surface area contributed by atoms with E-state index in [2.05, 4.69) is 10.1 Å². The first-order valence-electron chi connectivity index (χ1n) is 5.62. The summed E-state index contributed by atoms with van der Waals surface area (Å²) in [4.78, 5) is 3.54. The molecule has 0 aromatic carbocycles. The van der Waals surface area contributed by atoms with E-state index in [9.17, 15) is 13.2 Å². The van der Waals surface area contributed by atoms with Gasteiger partial charge >= 0.3 is 6.18 Å². The summed E-state index contributed by atoms with van der Waals surface area (Å²) in [5, 5.41) is 4.10. The summed E-state index contributed by atoms with van der Waals surface area (Å²) < 4.78 is 49.1. The molecule has 108 valence electrons. The van der Waals surface area contributed by atoms with Crippen LogP contribution in [0.1, 0.15) is 11.4 Å². The number of pyridine rings is 1. The number of aromatic nitrogens is 3. The van der Waals surface area contributed by atoms with Crippen molar-refractivity contribution in [3.8, 4) is 11.6 Å². The van der Waals surface area contributed by atoms with E-state index in [-0.39, 0.29) is 12.4 Å². The van der Waals surface area contributed by atoms with Crippen LogP contribution in [-0.2, 0) is 17.5 Å². The zero-order valence-corrected chi connectivity index (χ0v) is 10.8. The van der Waals surface area contributed by atoms with Crippen LogP contribution in [0.4, 0.5) is 13.2 Å². The van der Waals surface area contributed by atoms with Crippen molar-refractivity contribution in [1.29, 1.82) is 0 Å². The molecule has 20 heavy (non-hydrogen) atoms. The lowest BCUT2D eigenvalue weighted by Crippen LogP contribution is -2.10. The number of nitrogens with zero attached hydrogens (tertiary/aromatic N) is 3. The monoisotopic (exact) mass is 287 g/mol. The van der Waals surface area contributed by atoms with E-state index in [1.54, 1.807) is 0 Å². The molecule has 0 spiro atoms. The van der Waals surface area contributed by atoms with Crippen molar-refractivity contribution >= 4 is 0 Å². The van der Waals surface area contributed by atoms with Crippen molar-refractivity contribution in [3.05, 3.63) is 35.8 Å². The predicted molar refractivity (Wildman–Crippen MR) is 63.6 cm³/mol. The average molecular weight is 287 g/mol. The molecular weight excluding hydrogens is 275 g/mol. The first-order valence-corrected chi connectivity index (χ1v) is 5.62. The van der Waals surface area contributed by atoms with Crippen molar-refractivity contribution in [2.24, 2.45) is 0 Å². The standard InChI is InChI=1S/C12H12F3N3O2/c1-19-7-8-9(20-2)6-18(17-8)11-5-3-4-10(16-11)12(13,14)15/h3-6H,7H2,1-2H3. The Hall–Kier alpha value is -2.09. The highest BCUT2D eigenvalue weighted by atomic mass is 19.4. The van der Waals surface area contributed by atoms with Gasteiger partial charge < -0.3 is 9.47 Å². The number of ether oxygens (including phenoxy) is 2. The van der Waals surface area contributed by atoms with Gasteiger partial charge in [-0.3, -0.25) is 0 Å². The van der Waals surface area contributed by atoms with Crippen LogP contribution in [0.5, 0.6) is 5.75 Å². The Morgan fingerprint density at radius 2 is 2.00 bits per heavy atom. The number of rotatable bonds is 4.